The van der Waals surface area contributed by atoms with Crippen LogP contribution in [-0.2, 0) is 6.42 Å². The largest absolute Gasteiger partial charge is 0.293 e. The lowest BCUT2D eigenvalue weighted by atomic mass is 9.85. The number of hydrogen-bond donors (Lipinski definition) is 0. The lowest BCUT2D eigenvalue weighted by molar-refractivity contribution is 0.0959. The highest BCUT2D eigenvalue weighted by atomic mass is 19.1. The maximum atomic E-state index is 13.4. The molecule has 0 amide bonds. The highest BCUT2D eigenvalue weighted by Gasteiger charge is 2.22. The van der Waals surface area contributed by atoms with Crippen molar-refractivity contribution in [1.29, 1.82) is 0 Å². The average Bonchev–Trinajstić information content (AvgIpc) is 2.75. The van der Waals surface area contributed by atoms with Crippen LogP contribution in [0.3, 0.4) is 0 Å². The van der Waals surface area contributed by atoms with E-state index in [2.05, 4.69) is 38.1 Å². The molecule has 144 valence electrons. The van der Waals surface area contributed by atoms with Crippen molar-refractivity contribution in [1.82, 2.24) is 0 Å². The summed E-state index contributed by atoms with van der Waals surface area (Å²) in [5.41, 5.74) is 4.00. The molecule has 0 fully saturated rings. The SMILES string of the molecule is CCC(CC)c1ccc(CC(C(=O)c2ccccc2)c2ccc(F)cc2)cc1. The Morgan fingerprint density at radius 2 is 1.36 bits per heavy atom. The van der Waals surface area contributed by atoms with Crippen molar-refractivity contribution in [2.24, 2.45) is 0 Å². The van der Waals surface area contributed by atoms with Crippen LogP contribution in [0.15, 0.2) is 78.9 Å². The first-order chi connectivity index (χ1) is 13.6. The van der Waals surface area contributed by atoms with Crippen molar-refractivity contribution in [3.8, 4) is 0 Å². The number of hydrogen-bond acceptors (Lipinski definition) is 1. The van der Waals surface area contributed by atoms with Gasteiger partial charge in [0, 0.05) is 5.56 Å². The fraction of sp³-hybridized carbons (Fsp3) is 0.269. The second kappa shape index (κ2) is 9.45. The van der Waals surface area contributed by atoms with Crippen molar-refractivity contribution in [2.75, 3.05) is 0 Å². The van der Waals surface area contributed by atoms with Crippen molar-refractivity contribution in [3.63, 3.8) is 0 Å². The molecule has 0 saturated carbocycles. The molecule has 2 heteroatoms. The molecule has 3 aromatic rings. The van der Waals surface area contributed by atoms with E-state index < -0.39 is 0 Å². The van der Waals surface area contributed by atoms with Crippen LogP contribution in [0, 0.1) is 5.82 Å². The van der Waals surface area contributed by atoms with E-state index in [-0.39, 0.29) is 17.5 Å². The van der Waals surface area contributed by atoms with E-state index in [1.165, 1.54) is 17.7 Å². The number of carbonyl (C=O) groups excluding carboxylic acids is 1. The van der Waals surface area contributed by atoms with Gasteiger partial charge in [0.1, 0.15) is 5.82 Å². The van der Waals surface area contributed by atoms with Gasteiger partial charge in [-0.3, -0.25) is 4.79 Å². The van der Waals surface area contributed by atoms with Crippen molar-refractivity contribution < 1.29 is 9.18 Å². The van der Waals surface area contributed by atoms with Gasteiger partial charge in [-0.15, -0.1) is 0 Å². The molecule has 0 N–H and O–H groups in total. The molecule has 0 bridgehead atoms. The zero-order chi connectivity index (χ0) is 19.9. The van der Waals surface area contributed by atoms with Crippen LogP contribution in [0.4, 0.5) is 4.39 Å². The normalized spacial score (nSPS) is 12.1. The van der Waals surface area contributed by atoms with Crippen LogP contribution in [-0.4, -0.2) is 5.78 Å². The third-order valence-corrected chi connectivity index (χ3v) is 5.52. The molecule has 0 saturated heterocycles. The summed E-state index contributed by atoms with van der Waals surface area (Å²) in [4.78, 5) is 13.2. The molecule has 0 aliphatic heterocycles. The maximum Gasteiger partial charge on any atom is 0.170 e. The van der Waals surface area contributed by atoms with Gasteiger partial charge >= 0.3 is 0 Å². The molecule has 1 nitrogen and oxygen atoms in total. The second-order valence-corrected chi connectivity index (χ2v) is 7.29. The van der Waals surface area contributed by atoms with Gasteiger partial charge in [0.25, 0.3) is 0 Å². The van der Waals surface area contributed by atoms with Crippen LogP contribution >= 0.6 is 0 Å². The highest BCUT2D eigenvalue weighted by Crippen LogP contribution is 2.28. The predicted molar refractivity (Wildman–Crippen MR) is 113 cm³/mol. The summed E-state index contributed by atoms with van der Waals surface area (Å²) >= 11 is 0. The number of halogens is 1. The summed E-state index contributed by atoms with van der Waals surface area (Å²) in [5.74, 6) is 0.0235. The van der Waals surface area contributed by atoms with Crippen molar-refractivity contribution in [3.05, 3.63) is 107 Å². The third kappa shape index (κ3) is 4.75. The lowest BCUT2D eigenvalue weighted by Crippen LogP contribution is -2.16. The third-order valence-electron chi connectivity index (χ3n) is 5.52. The Balaban J connectivity index is 1.89. The van der Waals surface area contributed by atoms with Gasteiger partial charge < -0.3 is 0 Å². The van der Waals surface area contributed by atoms with Crippen LogP contribution in [0.2, 0.25) is 0 Å². The van der Waals surface area contributed by atoms with Crippen molar-refractivity contribution in [2.45, 2.75) is 44.9 Å². The Bertz CT molecular complexity index is 878. The topological polar surface area (TPSA) is 17.1 Å². The molecular weight excluding hydrogens is 347 g/mol. The molecule has 0 aliphatic rings. The molecule has 0 heterocycles. The van der Waals surface area contributed by atoms with Gasteiger partial charge in [-0.25, -0.2) is 4.39 Å². The smallest absolute Gasteiger partial charge is 0.170 e. The molecule has 0 spiro atoms. The van der Waals surface area contributed by atoms with E-state index in [1.54, 1.807) is 12.1 Å². The molecule has 0 aliphatic carbocycles. The molecule has 0 radical (unpaired) electrons. The standard InChI is InChI=1S/C26H27FO/c1-3-20(4-2)21-12-10-19(11-13-21)18-25(22-14-16-24(27)17-15-22)26(28)23-8-6-5-7-9-23/h5-17,20,25H,3-4,18H2,1-2H3. The average molecular weight is 374 g/mol. The first-order valence-corrected chi connectivity index (χ1v) is 10.1. The van der Waals surface area contributed by atoms with Crippen LogP contribution in [0.25, 0.3) is 0 Å². The van der Waals surface area contributed by atoms with E-state index in [1.807, 2.05) is 30.3 Å². The number of carbonyl (C=O) groups is 1. The molecule has 0 aromatic heterocycles. The van der Waals surface area contributed by atoms with Crippen LogP contribution in [0.1, 0.15) is 65.6 Å². The maximum absolute atomic E-state index is 13.4. The first-order valence-electron chi connectivity index (χ1n) is 10.1. The van der Waals surface area contributed by atoms with Crippen LogP contribution in [0.5, 0.6) is 0 Å². The Morgan fingerprint density at radius 3 is 1.93 bits per heavy atom. The molecule has 28 heavy (non-hydrogen) atoms. The minimum absolute atomic E-state index is 0.0660. The monoisotopic (exact) mass is 374 g/mol. The summed E-state index contributed by atoms with van der Waals surface area (Å²) < 4.78 is 13.4. The van der Waals surface area contributed by atoms with E-state index in [0.717, 1.165) is 24.0 Å². The Hall–Kier alpha value is -2.74. The van der Waals surface area contributed by atoms with Gasteiger partial charge in [-0.1, -0.05) is 80.6 Å². The van der Waals surface area contributed by atoms with E-state index in [9.17, 15) is 9.18 Å². The van der Waals surface area contributed by atoms with E-state index >= 15 is 0 Å². The zero-order valence-corrected chi connectivity index (χ0v) is 16.6. The molecule has 3 aromatic carbocycles. The molecule has 1 atom stereocenters. The summed E-state index contributed by atoms with van der Waals surface area (Å²) in [7, 11) is 0. The molecular formula is C26H27FO. The van der Waals surface area contributed by atoms with Crippen LogP contribution < -0.4 is 0 Å². The minimum Gasteiger partial charge on any atom is -0.293 e. The summed E-state index contributed by atoms with van der Waals surface area (Å²) in [6.45, 7) is 4.43. The fourth-order valence-electron chi connectivity index (χ4n) is 3.78. The van der Waals surface area contributed by atoms with Gasteiger partial charge in [0.2, 0.25) is 0 Å². The van der Waals surface area contributed by atoms with Gasteiger partial charge in [0.05, 0.1) is 5.92 Å². The number of rotatable bonds is 8. The van der Waals surface area contributed by atoms with E-state index in [0.29, 0.717) is 17.9 Å². The van der Waals surface area contributed by atoms with Gasteiger partial charge in [0.15, 0.2) is 5.78 Å². The highest BCUT2D eigenvalue weighted by molar-refractivity contribution is 6.01. The fourth-order valence-corrected chi connectivity index (χ4v) is 3.78. The quantitative estimate of drug-likeness (QED) is 0.390. The first kappa shape index (κ1) is 20.0. The number of benzene rings is 3. The summed E-state index contributed by atoms with van der Waals surface area (Å²) in [5, 5.41) is 0. The molecule has 1 unspecified atom stereocenters. The lowest BCUT2D eigenvalue weighted by Gasteiger charge is -2.18. The number of Topliss-reactive ketones (excluding diaryl/α,β-unsaturated/α-hetero) is 1. The Morgan fingerprint density at radius 1 is 0.786 bits per heavy atom. The Kier molecular flexibility index (Phi) is 6.76. The van der Waals surface area contributed by atoms with Gasteiger partial charge in [-0.05, 0) is 54.0 Å². The van der Waals surface area contributed by atoms with E-state index in [4.69, 9.17) is 0 Å². The molecule has 3 rings (SSSR count). The zero-order valence-electron chi connectivity index (χ0n) is 16.6. The van der Waals surface area contributed by atoms with Crippen molar-refractivity contribution >= 4 is 5.78 Å². The minimum atomic E-state index is -0.331. The predicted octanol–water partition coefficient (Wildman–Crippen LogP) is 6.94. The van der Waals surface area contributed by atoms with Gasteiger partial charge in [-0.2, -0.15) is 0 Å². The number of ketones is 1. The second-order valence-electron chi connectivity index (χ2n) is 7.29. The summed E-state index contributed by atoms with van der Waals surface area (Å²) in [6.07, 6.45) is 2.85. The summed E-state index contributed by atoms with van der Waals surface area (Å²) in [6, 6.07) is 24.3. The Labute approximate surface area is 167 Å².